The quantitative estimate of drug-likeness (QED) is 0.0228. The summed E-state index contributed by atoms with van der Waals surface area (Å²) in [4.78, 5) is 51.0. The summed E-state index contributed by atoms with van der Waals surface area (Å²) in [6.45, 7) is 5.61. The number of hydrogen-bond acceptors (Lipinski definition) is 11. The van der Waals surface area contributed by atoms with Crippen LogP contribution in [-0.4, -0.2) is 89.2 Å². The topological polar surface area (TPSA) is 175 Å². The van der Waals surface area contributed by atoms with Gasteiger partial charge in [-0.1, -0.05) is 194 Å². The van der Waals surface area contributed by atoms with Crippen LogP contribution in [-0.2, 0) is 42.9 Å². The van der Waals surface area contributed by atoms with Crippen LogP contribution in [0.3, 0.4) is 0 Å². The van der Waals surface area contributed by atoms with E-state index in [2.05, 4.69) is 124 Å². The molecule has 1 rings (SSSR count). The number of carbonyl (C=O) groups is 4. The summed E-state index contributed by atoms with van der Waals surface area (Å²) >= 11 is 0. The Hall–Kier alpha value is -4.88. The van der Waals surface area contributed by atoms with Crippen LogP contribution in [0.25, 0.3) is 0 Å². The lowest BCUT2D eigenvalue weighted by atomic mass is 9.98. The number of aliphatic carboxylic acids is 1. The van der Waals surface area contributed by atoms with Gasteiger partial charge in [-0.05, 0) is 109 Å². The highest BCUT2D eigenvalue weighted by Gasteiger charge is 2.50. The largest absolute Gasteiger partial charge is 0.479 e. The summed E-state index contributed by atoms with van der Waals surface area (Å²) in [5, 5.41) is 31.4. The maximum absolute atomic E-state index is 13.1. The van der Waals surface area contributed by atoms with Gasteiger partial charge in [0.2, 0.25) is 0 Å². The molecule has 12 heteroatoms. The third-order valence-electron chi connectivity index (χ3n) is 12.0. The lowest BCUT2D eigenvalue weighted by Gasteiger charge is -2.40. The Morgan fingerprint density at radius 3 is 1.35 bits per heavy atom. The molecule has 0 aromatic heterocycles. The second-order valence-corrected chi connectivity index (χ2v) is 18.8. The lowest BCUT2D eigenvalue weighted by Crippen LogP contribution is -2.61. The van der Waals surface area contributed by atoms with Crippen molar-refractivity contribution >= 4 is 23.9 Å². The summed E-state index contributed by atoms with van der Waals surface area (Å²) in [5.74, 6) is -3.34. The minimum Gasteiger partial charge on any atom is -0.479 e. The van der Waals surface area contributed by atoms with Crippen LogP contribution in [0, 0.1) is 0 Å². The highest BCUT2D eigenvalue weighted by atomic mass is 16.7. The second kappa shape index (κ2) is 50.0. The lowest BCUT2D eigenvalue weighted by molar-refractivity contribution is -0.301. The van der Waals surface area contributed by atoms with Crippen molar-refractivity contribution in [2.24, 2.45) is 0 Å². The summed E-state index contributed by atoms with van der Waals surface area (Å²) < 4.78 is 28.2. The zero-order valence-electron chi connectivity index (χ0n) is 46.2. The van der Waals surface area contributed by atoms with Gasteiger partial charge in [-0.15, -0.1) is 0 Å². The number of carboxylic acid groups (broad SMARTS) is 1. The van der Waals surface area contributed by atoms with E-state index in [1.807, 2.05) is 12.2 Å². The van der Waals surface area contributed by atoms with Crippen molar-refractivity contribution in [2.45, 2.75) is 237 Å². The number of aliphatic hydroxyl groups is 2. The van der Waals surface area contributed by atoms with E-state index in [-0.39, 0.29) is 25.9 Å². The molecule has 1 aliphatic rings. The van der Waals surface area contributed by atoms with Gasteiger partial charge in [-0.2, -0.15) is 0 Å². The molecule has 0 aromatic carbocycles. The van der Waals surface area contributed by atoms with Gasteiger partial charge in [0.05, 0.1) is 13.0 Å². The van der Waals surface area contributed by atoms with Crippen molar-refractivity contribution in [3.8, 4) is 0 Å². The Morgan fingerprint density at radius 2 is 0.880 bits per heavy atom. The molecule has 0 spiro atoms. The van der Waals surface area contributed by atoms with Gasteiger partial charge >= 0.3 is 23.9 Å². The second-order valence-electron chi connectivity index (χ2n) is 18.8. The van der Waals surface area contributed by atoms with Crippen LogP contribution >= 0.6 is 0 Å². The van der Waals surface area contributed by atoms with E-state index in [0.29, 0.717) is 19.3 Å². The molecule has 12 nitrogen and oxygen atoms in total. The summed E-state index contributed by atoms with van der Waals surface area (Å²) in [6.07, 6.45) is 56.2. The van der Waals surface area contributed by atoms with Crippen molar-refractivity contribution in [3.63, 3.8) is 0 Å². The number of esters is 3. The fourth-order valence-corrected chi connectivity index (χ4v) is 7.72. The predicted octanol–water partition coefficient (Wildman–Crippen LogP) is 14.4. The normalized spacial score (nSPS) is 19.1. The molecular weight excluding hydrogens is 949 g/mol. The average molecular weight is 1050 g/mol. The fraction of sp³-hybridized carbons (Fsp3) is 0.619. The molecule has 0 aliphatic carbocycles. The molecule has 0 amide bonds. The van der Waals surface area contributed by atoms with Gasteiger partial charge in [0.1, 0.15) is 18.8 Å². The zero-order valence-corrected chi connectivity index (χ0v) is 46.2. The molecule has 1 heterocycles. The Bertz CT molecular complexity index is 1770. The molecule has 1 aliphatic heterocycles. The number of carboxylic acids is 1. The third kappa shape index (κ3) is 40.1. The molecule has 0 bridgehead atoms. The third-order valence-corrected chi connectivity index (χ3v) is 12.0. The highest BCUT2D eigenvalue weighted by Crippen LogP contribution is 2.26. The minimum absolute atomic E-state index is 0.0241. The van der Waals surface area contributed by atoms with Crippen LogP contribution in [0.5, 0.6) is 0 Å². The first-order chi connectivity index (χ1) is 36.6. The van der Waals surface area contributed by atoms with Crippen molar-refractivity contribution in [1.29, 1.82) is 0 Å². The Kier molecular flexibility index (Phi) is 45.4. The van der Waals surface area contributed by atoms with Crippen molar-refractivity contribution in [2.75, 3.05) is 13.2 Å². The molecule has 422 valence electrons. The first-order valence-corrected chi connectivity index (χ1v) is 28.5. The van der Waals surface area contributed by atoms with Gasteiger partial charge in [0, 0.05) is 12.8 Å². The van der Waals surface area contributed by atoms with Crippen molar-refractivity contribution in [1.82, 2.24) is 0 Å². The summed E-state index contributed by atoms with van der Waals surface area (Å²) in [5.41, 5.74) is 0. The number of rotatable bonds is 46. The minimum atomic E-state index is -1.93. The van der Waals surface area contributed by atoms with E-state index in [4.69, 9.17) is 23.7 Å². The summed E-state index contributed by atoms with van der Waals surface area (Å²) in [7, 11) is 0. The Morgan fingerprint density at radius 1 is 0.467 bits per heavy atom. The van der Waals surface area contributed by atoms with E-state index in [0.717, 1.165) is 122 Å². The van der Waals surface area contributed by atoms with Gasteiger partial charge in [0.15, 0.2) is 24.6 Å². The van der Waals surface area contributed by atoms with Crippen LogP contribution in [0.1, 0.15) is 201 Å². The van der Waals surface area contributed by atoms with Gasteiger partial charge < -0.3 is 39.0 Å². The number of ether oxygens (including phenoxy) is 5. The molecule has 0 saturated carbocycles. The van der Waals surface area contributed by atoms with Gasteiger partial charge in [0.25, 0.3) is 0 Å². The highest BCUT2D eigenvalue weighted by molar-refractivity contribution is 5.74. The molecule has 1 fully saturated rings. The molecule has 3 N–H and O–H groups in total. The van der Waals surface area contributed by atoms with E-state index in [9.17, 15) is 34.5 Å². The predicted molar refractivity (Wildman–Crippen MR) is 303 cm³/mol. The zero-order chi connectivity index (χ0) is 54.7. The van der Waals surface area contributed by atoms with Crippen LogP contribution in [0.4, 0.5) is 0 Å². The first-order valence-electron chi connectivity index (χ1n) is 28.5. The monoisotopic (exact) mass is 1050 g/mol. The SMILES string of the molecule is CC/C=C\C/C=C\C/C=C\C/C=C\C/C=C\CC(=O)OCC(COC1OC(C(=O)O)C(O)C(O)C1OC(=O)CCCCCCC/C=C\C/C=C\C/C=C\CC)OC(=O)CCCCCCC/C=C\C/C=C\CCCCC. The number of aliphatic hydroxyl groups excluding tert-OH is 2. The van der Waals surface area contributed by atoms with E-state index < -0.39 is 67.3 Å². The smallest absolute Gasteiger partial charge is 0.335 e. The molecular formula is C63H98O12. The Labute approximate surface area is 452 Å². The van der Waals surface area contributed by atoms with Gasteiger partial charge in [-0.3, -0.25) is 14.4 Å². The average Bonchev–Trinajstić information content (AvgIpc) is 3.39. The summed E-state index contributed by atoms with van der Waals surface area (Å²) in [6, 6.07) is 0. The first kappa shape index (κ1) is 68.1. The maximum atomic E-state index is 13.1. The number of unbranched alkanes of at least 4 members (excludes halogenated alkanes) is 13. The molecule has 6 unspecified atom stereocenters. The molecule has 1 saturated heterocycles. The maximum Gasteiger partial charge on any atom is 0.335 e. The number of carbonyl (C=O) groups excluding carboxylic acids is 3. The Balaban J connectivity index is 2.79. The van der Waals surface area contributed by atoms with E-state index in [1.165, 1.54) is 19.3 Å². The standard InChI is InChI=1S/C63H98O12/c1-4-7-10-13-16-19-22-25-28-31-34-37-40-43-46-49-55(64)71-52-54(73-56(65)50-47-44-41-38-35-32-29-26-23-20-17-14-11-8-5-2)53-72-63-61(59(68)58(67)60(75-63)62(69)70)74-57(66)51-48-45-42-39-36-33-30-27-24-21-18-15-12-9-6-3/h7,9-10,12,16-21,25-30,34,37,43,46,54,58-61,63,67-68H,4-6,8,11,13-15,22-24,31-33,35-36,38-42,44-45,47-53H2,1-3H3,(H,69,70)/b10-7-,12-9-,19-16-,20-17-,21-18-,28-25-,29-26-,30-27-,37-34-,46-43-. The van der Waals surface area contributed by atoms with Crippen molar-refractivity contribution in [3.05, 3.63) is 122 Å². The molecule has 6 atom stereocenters. The molecule has 75 heavy (non-hydrogen) atoms. The van der Waals surface area contributed by atoms with Crippen LogP contribution in [0.15, 0.2) is 122 Å². The van der Waals surface area contributed by atoms with Crippen LogP contribution < -0.4 is 0 Å². The molecule has 0 aromatic rings. The number of hydrogen-bond donors (Lipinski definition) is 3. The van der Waals surface area contributed by atoms with E-state index >= 15 is 0 Å². The van der Waals surface area contributed by atoms with Crippen molar-refractivity contribution < 1.29 is 58.2 Å². The van der Waals surface area contributed by atoms with Gasteiger partial charge in [-0.25, -0.2) is 4.79 Å². The fourth-order valence-electron chi connectivity index (χ4n) is 7.72. The van der Waals surface area contributed by atoms with E-state index in [1.54, 1.807) is 6.08 Å². The van der Waals surface area contributed by atoms with Crippen LogP contribution in [0.2, 0.25) is 0 Å². The number of allylic oxidation sites excluding steroid dienone is 19. The molecule has 0 radical (unpaired) electrons.